The topological polar surface area (TPSA) is 120 Å². The number of carbonyl (C=O) groups excluding carboxylic acids is 2. The standard InChI is InChI=1S/C23H24N6O4S2/c1-5-9-33-22(31)24-8-10-34-23-27-16-7-6-14(11-17(16)35-23)26-21(30)15-12-25-20-18(19(15)32-4)13(2)28-29(20)3/h5-7,11-12H,1,8-10H2,2-4H3,(H,24,31)(H,26,30). The Labute approximate surface area is 209 Å². The monoisotopic (exact) mass is 512 g/mol. The van der Waals surface area contributed by atoms with Gasteiger partial charge in [0.05, 0.1) is 28.4 Å². The number of nitrogens with zero attached hydrogens (tertiary/aromatic N) is 4. The second-order valence-electron chi connectivity index (χ2n) is 7.39. The molecule has 182 valence electrons. The summed E-state index contributed by atoms with van der Waals surface area (Å²) in [6.45, 7) is 5.98. The first-order chi connectivity index (χ1) is 16.9. The van der Waals surface area contributed by atoms with E-state index in [9.17, 15) is 9.59 Å². The normalized spacial score (nSPS) is 10.9. The molecule has 3 aromatic heterocycles. The SMILES string of the molecule is C=CCOC(=O)NCCSc1nc2ccc(NC(=O)c3cnc4c(c(C)nn4C)c3OC)cc2s1. The summed E-state index contributed by atoms with van der Waals surface area (Å²) in [4.78, 5) is 33.5. The summed E-state index contributed by atoms with van der Waals surface area (Å²) in [6, 6.07) is 5.55. The number of methoxy groups -OCH3 is 1. The van der Waals surface area contributed by atoms with E-state index >= 15 is 0 Å². The van der Waals surface area contributed by atoms with Crippen LogP contribution in [0, 0.1) is 6.92 Å². The maximum absolute atomic E-state index is 13.1. The highest BCUT2D eigenvalue weighted by atomic mass is 32.2. The third-order valence-corrected chi connectivity index (χ3v) is 7.15. The van der Waals surface area contributed by atoms with Crippen molar-refractivity contribution in [3.63, 3.8) is 0 Å². The zero-order valence-corrected chi connectivity index (χ0v) is 21.1. The van der Waals surface area contributed by atoms with Crippen molar-refractivity contribution < 1.29 is 19.1 Å². The van der Waals surface area contributed by atoms with Crippen molar-refractivity contribution in [3.8, 4) is 5.75 Å². The number of aromatic nitrogens is 4. The van der Waals surface area contributed by atoms with E-state index in [2.05, 4.69) is 32.3 Å². The van der Waals surface area contributed by atoms with Gasteiger partial charge in [0.25, 0.3) is 5.91 Å². The Balaban J connectivity index is 1.44. The lowest BCUT2D eigenvalue weighted by molar-refractivity contribution is 0.102. The maximum atomic E-state index is 13.1. The van der Waals surface area contributed by atoms with Crippen LogP contribution in [0.15, 0.2) is 41.4 Å². The first kappa shape index (κ1) is 24.5. The van der Waals surface area contributed by atoms with Crippen molar-refractivity contribution >= 4 is 62.0 Å². The predicted octanol–water partition coefficient (Wildman–Crippen LogP) is 4.15. The average molecular weight is 513 g/mol. The van der Waals surface area contributed by atoms with Gasteiger partial charge in [0.2, 0.25) is 0 Å². The van der Waals surface area contributed by atoms with Crippen molar-refractivity contribution in [1.29, 1.82) is 0 Å². The van der Waals surface area contributed by atoms with E-state index in [0.717, 1.165) is 20.3 Å². The van der Waals surface area contributed by atoms with Gasteiger partial charge in [-0.25, -0.2) is 14.8 Å². The highest BCUT2D eigenvalue weighted by molar-refractivity contribution is 8.01. The summed E-state index contributed by atoms with van der Waals surface area (Å²) < 4.78 is 13.9. The molecule has 2 amide bonds. The summed E-state index contributed by atoms with van der Waals surface area (Å²) in [5, 5.41) is 10.7. The molecular formula is C23H24N6O4S2. The molecule has 0 aliphatic carbocycles. The van der Waals surface area contributed by atoms with Crippen LogP contribution in [0.4, 0.5) is 10.5 Å². The Bertz CT molecular complexity index is 1410. The number of carbonyl (C=O) groups is 2. The third-order valence-electron chi connectivity index (χ3n) is 4.98. The molecule has 0 aliphatic rings. The molecule has 0 atom stereocenters. The van der Waals surface area contributed by atoms with Crippen LogP contribution in [-0.2, 0) is 11.8 Å². The molecule has 12 heteroatoms. The number of pyridine rings is 1. The number of ether oxygens (including phenoxy) is 2. The van der Waals surface area contributed by atoms with E-state index in [1.165, 1.54) is 42.5 Å². The lowest BCUT2D eigenvalue weighted by atomic mass is 10.1. The van der Waals surface area contributed by atoms with Gasteiger partial charge in [0, 0.05) is 31.2 Å². The van der Waals surface area contributed by atoms with Gasteiger partial charge >= 0.3 is 6.09 Å². The van der Waals surface area contributed by atoms with E-state index in [0.29, 0.717) is 40.3 Å². The van der Waals surface area contributed by atoms with Crippen molar-refractivity contribution in [1.82, 2.24) is 25.1 Å². The number of thiazole rings is 1. The first-order valence-corrected chi connectivity index (χ1v) is 12.4. The number of thioether (sulfide) groups is 1. The van der Waals surface area contributed by atoms with Gasteiger partial charge in [-0.1, -0.05) is 24.4 Å². The Morgan fingerprint density at radius 1 is 1.34 bits per heavy atom. The number of aryl methyl sites for hydroxylation is 2. The fourth-order valence-electron chi connectivity index (χ4n) is 3.47. The minimum Gasteiger partial charge on any atom is -0.495 e. The quantitative estimate of drug-likeness (QED) is 0.195. The number of fused-ring (bicyclic) bond motifs is 2. The van der Waals surface area contributed by atoms with Gasteiger partial charge in [-0.2, -0.15) is 5.10 Å². The van der Waals surface area contributed by atoms with Crippen LogP contribution < -0.4 is 15.4 Å². The Hall–Kier alpha value is -3.64. The zero-order valence-electron chi connectivity index (χ0n) is 19.5. The first-order valence-electron chi connectivity index (χ1n) is 10.6. The molecule has 0 saturated carbocycles. The van der Waals surface area contributed by atoms with Crippen LogP contribution in [0.2, 0.25) is 0 Å². The molecule has 0 bridgehead atoms. The Morgan fingerprint density at radius 3 is 2.94 bits per heavy atom. The smallest absolute Gasteiger partial charge is 0.407 e. The number of nitrogens with one attached hydrogen (secondary N) is 2. The van der Waals surface area contributed by atoms with Crippen LogP contribution in [0.25, 0.3) is 21.3 Å². The van der Waals surface area contributed by atoms with Gasteiger partial charge in [-0.15, -0.1) is 11.3 Å². The van der Waals surface area contributed by atoms with E-state index in [-0.39, 0.29) is 12.5 Å². The summed E-state index contributed by atoms with van der Waals surface area (Å²) in [5.41, 5.74) is 3.19. The highest BCUT2D eigenvalue weighted by Crippen LogP contribution is 2.33. The molecule has 35 heavy (non-hydrogen) atoms. The molecule has 4 rings (SSSR count). The molecular weight excluding hydrogens is 488 g/mol. The Morgan fingerprint density at radius 2 is 2.17 bits per heavy atom. The predicted molar refractivity (Wildman–Crippen MR) is 138 cm³/mol. The molecule has 2 N–H and O–H groups in total. The summed E-state index contributed by atoms with van der Waals surface area (Å²) >= 11 is 3.05. The number of benzene rings is 1. The number of alkyl carbamates (subject to hydrolysis) is 1. The molecule has 0 unspecified atom stereocenters. The largest absolute Gasteiger partial charge is 0.495 e. The molecule has 4 aromatic rings. The van der Waals surface area contributed by atoms with Gasteiger partial charge in [0.15, 0.2) is 9.99 Å². The minimum absolute atomic E-state index is 0.177. The van der Waals surface area contributed by atoms with E-state index in [1.54, 1.807) is 17.8 Å². The van der Waals surface area contributed by atoms with Crippen LogP contribution >= 0.6 is 23.1 Å². The molecule has 0 spiro atoms. The molecule has 3 heterocycles. The number of hydrogen-bond donors (Lipinski definition) is 2. The molecule has 0 saturated heterocycles. The van der Waals surface area contributed by atoms with Gasteiger partial charge in [-0.3, -0.25) is 9.48 Å². The summed E-state index contributed by atoms with van der Waals surface area (Å²) in [7, 11) is 3.33. The van der Waals surface area contributed by atoms with Crippen LogP contribution in [0.1, 0.15) is 16.1 Å². The fourth-order valence-corrected chi connectivity index (χ4v) is 5.50. The Kier molecular flexibility index (Phi) is 7.51. The maximum Gasteiger partial charge on any atom is 0.407 e. The highest BCUT2D eigenvalue weighted by Gasteiger charge is 2.21. The van der Waals surface area contributed by atoms with E-state index in [4.69, 9.17) is 9.47 Å². The van der Waals surface area contributed by atoms with E-state index in [1.807, 2.05) is 19.1 Å². The van der Waals surface area contributed by atoms with Crippen molar-refractivity contribution in [2.24, 2.45) is 7.05 Å². The average Bonchev–Trinajstić information content (AvgIpc) is 3.38. The van der Waals surface area contributed by atoms with Crippen LogP contribution in [0.5, 0.6) is 5.75 Å². The van der Waals surface area contributed by atoms with Gasteiger partial charge in [-0.05, 0) is 25.1 Å². The van der Waals surface area contributed by atoms with E-state index < -0.39 is 6.09 Å². The van der Waals surface area contributed by atoms with Crippen molar-refractivity contribution in [2.75, 3.05) is 31.3 Å². The third kappa shape index (κ3) is 5.38. The second kappa shape index (κ2) is 10.7. The molecule has 10 nitrogen and oxygen atoms in total. The lowest BCUT2D eigenvalue weighted by Gasteiger charge is -2.10. The number of rotatable bonds is 9. The number of amides is 2. The summed E-state index contributed by atoms with van der Waals surface area (Å²) in [5.74, 6) is 0.764. The van der Waals surface area contributed by atoms with Crippen molar-refractivity contribution in [3.05, 3.63) is 48.3 Å². The molecule has 0 fully saturated rings. The summed E-state index contributed by atoms with van der Waals surface area (Å²) in [6.07, 6.45) is 2.54. The van der Waals surface area contributed by atoms with Crippen LogP contribution in [-0.4, -0.2) is 57.8 Å². The minimum atomic E-state index is -0.472. The molecule has 0 aliphatic heterocycles. The second-order valence-corrected chi connectivity index (χ2v) is 9.76. The van der Waals surface area contributed by atoms with Gasteiger partial charge in [0.1, 0.15) is 17.9 Å². The zero-order chi connectivity index (χ0) is 24.9. The molecule has 1 aromatic carbocycles. The van der Waals surface area contributed by atoms with Crippen molar-refractivity contribution in [2.45, 2.75) is 11.3 Å². The number of anilines is 1. The molecule has 0 radical (unpaired) electrons. The fraction of sp³-hybridized carbons (Fsp3) is 0.261. The number of hydrogen-bond acceptors (Lipinski definition) is 9. The van der Waals surface area contributed by atoms with Crippen LogP contribution in [0.3, 0.4) is 0 Å². The lowest BCUT2D eigenvalue weighted by Crippen LogP contribution is -2.26. The van der Waals surface area contributed by atoms with Gasteiger partial charge < -0.3 is 20.1 Å².